The van der Waals surface area contributed by atoms with Gasteiger partial charge in [-0.1, -0.05) is 32.0 Å². The molecular weight excluding hydrogens is 232 g/mol. The van der Waals surface area contributed by atoms with Crippen molar-refractivity contribution in [3.05, 3.63) is 34.9 Å². The summed E-state index contributed by atoms with van der Waals surface area (Å²) >= 11 is 0. The molecule has 1 saturated heterocycles. The molecule has 0 bridgehead atoms. The summed E-state index contributed by atoms with van der Waals surface area (Å²) in [7, 11) is 2.26. The number of nitrogens with one attached hydrogen (secondary N) is 1. The highest BCUT2D eigenvalue weighted by Crippen LogP contribution is 2.36. The van der Waals surface area contributed by atoms with Gasteiger partial charge in [0.2, 0.25) is 0 Å². The van der Waals surface area contributed by atoms with Gasteiger partial charge in [-0.15, -0.1) is 0 Å². The zero-order valence-electron chi connectivity index (χ0n) is 13.0. The first kappa shape index (κ1) is 14.5. The van der Waals surface area contributed by atoms with E-state index < -0.39 is 0 Å². The van der Waals surface area contributed by atoms with Gasteiger partial charge < -0.3 is 5.32 Å². The number of benzene rings is 1. The Hall–Kier alpha value is -0.860. The Kier molecular flexibility index (Phi) is 4.64. The second-order valence-electron chi connectivity index (χ2n) is 6.38. The molecule has 1 N–H and O–H groups in total. The van der Waals surface area contributed by atoms with Crippen LogP contribution in [-0.4, -0.2) is 31.1 Å². The summed E-state index contributed by atoms with van der Waals surface area (Å²) in [5.74, 6) is 0.731. The van der Waals surface area contributed by atoms with Crippen molar-refractivity contribution in [1.82, 2.24) is 10.2 Å². The maximum absolute atomic E-state index is 3.61. The standard InChI is InChI=1S/C17H28N2/c1-12(2)18-11-16-8-9-19(5)17(16)15-7-6-13(3)14(4)10-15/h6-7,10,12,16-18H,8-9,11H2,1-5H3. The minimum absolute atomic E-state index is 0.575. The quantitative estimate of drug-likeness (QED) is 0.893. The van der Waals surface area contributed by atoms with Gasteiger partial charge in [0.15, 0.2) is 0 Å². The van der Waals surface area contributed by atoms with Gasteiger partial charge in [0.05, 0.1) is 0 Å². The van der Waals surface area contributed by atoms with Crippen LogP contribution in [0.15, 0.2) is 18.2 Å². The van der Waals surface area contributed by atoms with Crippen molar-refractivity contribution in [2.45, 2.75) is 46.2 Å². The first-order valence-corrected chi connectivity index (χ1v) is 7.50. The second-order valence-corrected chi connectivity index (χ2v) is 6.38. The Morgan fingerprint density at radius 1 is 1.26 bits per heavy atom. The highest BCUT2D eigenvalue weighted by Gasteiger charge is 2.32. The van der Waals surface area contributed by atoms with Crippen molar-refractivity contribution in [1.29, 1.82) is 0 Å². The molecule has 2 atom stereocenters. The normalized spacial score (nSPS) is 24.3. The predicted octanol–water partition coefficient (Wildman–Crippen LogP) is 3.29. The Morgan fingerprint density at radius 2 is 2.00 bits per heavy atom. The number of nitrogens with zero attached hydrogens (tertiary/aromatic N) is 1. The molecule has 0 aromatic heterocycles. The molecule has 2 unspecified atom stereocenters. The average Bonchev–Trinajstić information content (AvgIpc) is 2.71. The molecule has 2 nitrogen and oxygen atoms in total. The minimum Gasteiger partial charge on any atom is -0.314 e. The van der Waals surface area contributed by atoms with Crippen molar-refractivity contribution in [3.8, 4) is 0 Å². The molecule has 0 radical (unpaired) electrons. The van der Waals surface area contributed by atoms with Crippen LogP contribution in [0.5, 0.6) is 0 Å². The van der Waals surface area contributed by atoms with E-state index >= 15 is 0 Å². The largest absolute Gasteiger partial charge is 0.314 e. The predicted molar refractivity (Wildman–Crippen MR) is 82.5 cm³/mol. The van der Waals surface area contributed by atoms with Gasteiger partial charge in [-0.3, -0.25) is 4.90 Å². The fourth-order valence-corrected chi connectivity index (χ4v) is 3.10. The summed E-state index contributed by atoms with van der Waals surface area (Å²) in [5.41, 5.74) is 4.29. The van der Waals surface area contributed by atoms with Crippen LogP contribution in [0, 0.1) is 19.8 Å². The zero-order valence-corrected chi connectivity index (χ0v) is 13.0. The van der Waals surface area contributed by atoms with E-state index in [4.69, 9.17) is 0 Å². The van der Waals surface area contributed by atoms with Crippen molar-refractivity contribution in [2.24, 2.45) is 5.92 Å². The van der Waals surface area contributed by atoms with Gasteiger partial charge in [-0.25, -0.2) is 0 Å². The summed E-state index contributed by atoms with van der Waals surface area (Å²) < 4.78 is 0. The molecule has 1 heterocycles. The summed E-state index contributed by atoms with van der Waals surface area (Å²) in [6, 6.07) is 8.11. The van der Waals surface area contributed by atoms with Gasteiger partial charge in [0, 0.05) is 18.6 Å². The maximum atomic E-state index is 3.61. The van der Waals surface area contributed by atoms with E-state index in [9.17, 15) is 0 Å². The maximum Gasteiger partial charge on any atom is 0.0385 e. The fraction of sp³-hybridized carbons (Fsp3) is 0.647. The number of likely N-dealkylation sites (tertiary alicyclic amines) is 1. The van der Waals surface area contributed by atoms with Crippen LogP contribution in [0.2, 0.25) is 0 Å². The average molecular weight is 260 g/mol. The summed E-state index contributed by atoms with van der Waals surface area (Å²) in [6.45, 7) is 11.2. The Bertz CT molecular complexity index is 425. The third-order valence-electron chi connectivity index (χ3n) is 4.43. The van der Waals surface area contributed by atoms with Crippen molar-refractivity contribution in [3.63, 3.8) is 0 Å². The minimum atomic E-state index is 0.575. The van der Waals surface area contributed by atoms with E-state index in [1.165, 1.54) is 29.7 Å². The molecule has 1 aliphatic rings. The van der Waals surface area contributed by atoms with Crippen LogP contribution in [-0.2, 0) is 0 Å². The summed E-state index contributed by atoms with van der Waals surface area (Å²) in [6.07, 6.45) is 1.30. The van der Waals surface area contributed by atoms with E-state index in [0.29, 0.717) is 12.1 Å². The molecule has 2 rings (SSSR count). The number of hydrogen-bond donors (Lipinski definition) is 1. The Morgan fingerprint density at radius 3 is 2.63 bits per heavy atom. The smallest absolute Gasteiger partial charge is 0.0385 e. The van der Waals surface area contributed by atoms with Crippen molar-refractivity contribution >= 4 is 0 Å². The van der Waals surface area contributed by atoms with Crippen LogP contribution in [0.4, 0.5) is 0 Å². The number of aryl methyl sites for hydroxylation is 2. The molecule has 1 aromatic rings. The highest BCUT2D eigenvalue weighted by molar-refractivity contribution is 5.32. The van der Waals surface area contributed by atoms with E-state index in [2.05, 4.69) is 63.2 Å². The van der Waals surface area contributed by atoms with Crippen molar-refractivity contribution in [2.75, 3.05) is 20.1 Å². The molecule has 0 aliphatic carbocycles. The van der Waals surface area contributed by atoms with Gasteiger partial charge >= 0.3 is 0 Å². The number of hydrogen-bond acceptors (Lipinski definition) is 2. The van der Waals surface area contributed by atoms with E-state index in [1.54, 1.807) is 0 Å². The third kappa shape index (κ3) is 3.37. The zero-order chi connectivity index (χ0) is 14.0. The third-order valence-corrected chi connectivity index (χ3v) is 4.43. The molecule has 106 valence electrons. The summed E-state index contributed by atoms with van der Waals surface area (Å²) in [4.78, 5) is 2.51. The van der Waals surface area contributed by atoms with Gasteiger partial charge in [0.1, 0.15) is 0 Å². The van der Waals surface area contributed by atoms with E-state index in [0.717, 1.165) is 12.5 Å². The van der Waals surface area contributed by atoms with Crippen LogP contribution < -0.4 is 5.32 Å². The molecule has 19 heavy (non-hydrogen) atoms. The molecule has 0 spiro atoms. The van der Waals surface area contributed by atoms with Gasteiger partial charge in [-0.2, -0.15) is 0 Å². The Balaban J connectivity index is 2.16. The van der Waals surface area contributed by atoms with E-state index in [-0.39, 0.29) is 0 Å². The topological polar surface area (TPSA) is 15.3 Å². The lowest BCUT2D eigenvalue weighted by atomic mass is 9.91. The second kappa shape index (κ2) is 6.06. The molecule has 1 fully saturated rings. The summed E-state index contributed by atoms with van der Waals surface area (Å²) in [5, 5.41) is 3.61. The van der Waals surface area contributed by atoms with Crippen LogP contribution in [0.25, 0.3) is 0 Å². The fourth-order valence-electron chi connectivity index (χ4n) is 3.10. The first-order chi connectivity index (χ1) is 8.99. The van der Waals surface area contributed by atoms with Gasteiger partial charge in [0.25, 0.3) is 0 Å². The lowest BCUT2D eigenvalue weighted by Crippen LogP contribution is -2.32. The molecule has 1 aliphatic heterocycles. The van der Waals surface area contributed by atoms with Crippen molar-refractivity contribution < 1.29 is 0 Å². The highest BCUT2D eigenvalue weighted by atomic mass is 15.2. The number of rotatable bonds is 4. The first-order valence-electron chi connectivity index (χ1n) is 7.50. The lowest BCUT2D eigenvalue weighted by molar-refractivity contribution is 0.269. The Labute approximate surface area is 118 Å². The van der Waals surface area contributed by atoms with E-state index in [1.807, 2.05) is 0 Å². The SMILES string of the molecule is Cc1ccc(C2C(CNC(C)C)CCN2C)cc1C. The molecule has 2 heteroatoms. The monoisotopic (exact) mass is 260 g/mol. The molecule has 1 aromatic carbocycles. The van der Waals surface area contributed by atoms with Gasteiger partial charge in [-0.05, 0) is 56.5 Å². The molecule has 0 amide bonds. The molecule has 0 saturated carbocycles. The molecular formula is C17H28N2. The lowest BCUT2D eigenvalue weighted by Gasteiger charge is -2.27. The van der Waals surface area contributed by atoms with Crippen LogP contribution in [0.1, 0.15) is 43.0 Å². The van der Waals surface area contributed by atoms with Crippen LogP contribution >= 0.6 is 0 Å². The van der Waals surface area contributed by atoms with Crippen LogP contribution in [0.3, 0.4) is 0 Å².